The van der Waals surface area contributed by atoms with Crippen molar-refractivity contribution in [1.82, 2.24) is 9.88 Å². The summed E-state index contributed by atoms with van der Waals surface area (Å²) in [6, 6.07) is 4.95. The molecule has 2 rings (SSSR count). The second-order valence-corrected chi connectivity index (χ2v) is 6.40. The molecule has 2 atom stereocenters. The molecule has 0 amide bonds. The highest BCUT2D eigenvalue weighted by Gasteiger charge is 2.27. The van der Waals surface area contributed by atoms with Gasteiger partial charge in [0.05, 0.1) is 0 Å². The Kier molecular flexibility index (Phi) is 4.86. The van der Waals surface area contributed by atoms with Gasteiger partial charge < -0.3 is 0 Å². The van der Waals surface area contributed by atoms with E-state index in [2.05, 4.69) is 41.7 Å². The van der Waals surface area contributed by atoms with Crippen molar-refractivity contribution in [2.45, 2.75) is 44.0 Å². The highest BCUT2D eigenvalue weighted by molar-refractivity contribution is 7.99. The van der Waals surface area contributed by atoms with Crippen molar-refractivity contribution in [3.63, 3.8) is 0 Å². The normalized spacial score (nSPS) is 24.4. The second-order valence-electron chi connectivity index (χ2n) is 4.82. The lowest BCUT2D eigenvalue weighted by atomic mass is 10.2. The summed E-state index contributed by atoms with van der Waals surface area (Å²) in [4.78, 5) is 6.67. The first-order valence-corrected chi connectivity index (χ1v) is 7.55. The Balaban J connectivity index is 1.83. The van der Waals surface area contributed by atoms with Gasteiger partial charge in [-0.3, -0.25) is 9.88 Å². The van der Waals surface area contributed by atoms with Crippen molar-refractivity contribution in [2.24, 2.45) is 0 Å². The third-order valence-electron chi connectivity index (χ3n) is 3.54. The van der Waals surface area contributed by atoms with Crippen LogP contribution in [0.4, 0.5) is 0 Å². The van der Waals surface area contributed by atoms with E-state index in [0.717, 1.165) is 17.8 Å². The molecule has 0 aromatic carbocycles. The summed E-state index contributed by atoms with van der Waals surface area (Å²) in [5, 5.41) is 0.890. The van der Waals surface area contributed by atoms with Crippen LogP contribution in [0, 0.1) is 0 Å². The summed E-state index contributed by atoms with van der Waals surface area (Å²) in [5.41, 5.74) is 1.32. The van der Waals surface area contributed by atoms with Crippen LogP contribution in [0.25, 0.3) is 0 Å². The molecule has 1 aliphatic carbocycles. The topological polar surface area (TPSA) is 16.1 Å². The number of nitrogens with zero attached hydrogens (tertiary/aromatic N) is 2. The quantitative estimate of drug-likeness (QED) is 0.798. The minimum absolute atomic E-state index is 0.763. The summed E-state index contributed by atoms with van der Waals surface area (Å²) >= 11 is 2.13. The van der Waals surface area contributed by atoms with E-state index in [1.54, 1.807) is 0 Å². The SMILES string of the molecule is CCS[C@H]1CC[C@@H](N(C)Cc2cccnc2)C1. The number of hydrogen-bond acceptors (Lipinski definition) is 3. The van der Waals surface area contributed by atoms with Crippen molar-refractivity contribution in [2.75, 3.05) is 12.8 Å². The average Bonchev–Trinajstić information content (AvgIpc) is 2.79. The average molecular weight is 250 g/mol. The number of rotatable bonds is 5. The van der Waals surface area contributed by atoms with E-state index in [0.29, 0.717) is 0 Å². The highest BCUT2D eigenvalue weighted by atomic mass is 32.2. The van der Waals surface area contributed by atoms with E-state index in [9.17, 15) is 0 Å². The zero-order valence-corrected chi connectivity index (χ0v) is 11.6. The van der Waals surface area contributed by atoms with Crippen LogP contribution >= 0.6 is 11.8 Å². The lowest BCUT2D eigenvalue weighted by Crippen LogP contribution is -2.29. The predicted octanol–water partition coefficient (Wildman–Crippen LogP) is 3.19. The van der Waals surface area contributed by atoms with Crippen LogP contribution in [0.1, 0.15) is 31.7 Å². The Morgan fingerprint density at radius 2 is 2.35 bits per heavy atom. The molecule has 0 bridgehead atoms. The third-order valence-corrected chi connectivity index (χ3v) is 4.77. The zero-order chi connectivity index (χ0) is 12.1. The summed E-state index contributed by atoms with van der Waals surface area (Å²) in [7, 11) is 2.25. The predicted molar refractivity (Wildman–Crippen MR) is 75.3 cm³/mol. The molecule has 3 heteroatoms. The molecule has 17 heavy (non-hydrogen) atoms. The fourth-order valence-electron chi connectivity index (χ4n) is 2.61. The molecule has 1 aliphatic rings. The van der Waals surface area contributed by atoms with Gasteiger partial charge in [0.2, 0.25) is 0 Å². The van der Waals surface area contributed by atoms with E-state index in [4.69, 9.17) is 0 Å². The maximum Gasteiger partial charge on any atom is 0.0312 e. The van der Waals surface area contributed by atoms with Crippen LogP contribution in [-0.2, 0) is 6.54 Å². The maximum atomic E-state index is 4.18. The van der Waals surface area contributed by atoms with E-state index < -0.39 is 0 Å². The van der Waals surface area contributed by atoms with Crippen LogP contribution < -0.4 is 0 Å². The van der Waals surface area contributed by atoms with Gasteiger partial charge in [-0.2, -0.15) is 11.8 Å². The summed E-state index contributed by atoms with van der Waals surface area (Å²) in [6.07, 6.45) is 7.92. The van der Waals surface area contributed by atoms with Crippen LogP contribution in [-0.4, -0.2) is 34.0 Å². The van der Waals surface area contributed by atoms with Gasteiger partial charge in [0, 0.05) is 30.2 Å². The Morgan fingerprint density at radius 3 is 3.06 bits per heavy atom. The minimum Gasteiger partial charge on any atom is -0.299 e. The van der Waals surface area contributed by atoms with Crippen LogP contribution in [0.2, 0.25) is 0 Å². The second kappa shape index (κ2) is 6.41. The fourth-order valence-corrected chi connectivity index (χ4v) is 3.75. The van der Waals surface area contributed by atoms with Gasteiger partial charge >= 0.3 is 0 Å². The van der Waals surface area contributed by atoms with Crippen LogP contribution in [0.15, 0.2) is 24.5 Å². The first kappa shape index (κ1) is 12.9. The first-order valence-electron chi connectivity index (χ1n) is 6.50. The van der Waals surface area contributed by atoms with E-state index in [-0.39, 0.29) is 0 Å². The molecule has 0 unspecified atom stereocenters. The van der Waals surface area contributed by atoms with Gasteiger partial charge in [0.25, 0.3) is 0 Å². The summed E-state index contributed by atoms with van der Waals surface area (Å²) in [6.45, 7) is 3.29. The maximum absolute atomic E-state index is 4.18. The molecule has 94 valence electrons. The van der Waals surface area contributed by atoms with Gasteiger partial charge in [0.15, 0.2) is 0 Å². The monoisotopic (exact) mass is 250 g/mol. The Morgan fingerprint density at radius 1 is 1.47 bits per heavy atom. The Bertz CT molecular complexity index is 328. The molecule has 0 spiro atoms. The largest absolute Gasteiger partial charge is 0.299 e. The van der Waals surface area contributed by atoms with Crippen molar-refractivity contribution < 1.29 is 0 Å². The third kappa shape index (κ3) is 3.71. The molecule has 0 N–H and O–H groups in total. The van der Waals surface area contributed by atoms with Crippen molar-refractivity contribution in [3.05, 3.63) is 30.1 Å². The number of pyridine rings is 1. The molecule has 0 saturated heterocycles. The fraction of sp³-hybridized carbons (Fsp3) is 0.643. The van der Waals surface area contributed by atoms with Crippen molar-refractivity contribution in [1.29, 1.82) is 0 Å². The molecule has 1 aromatic heterocycles. The number of hydrogen-bond donors (Lipinski definition) is 0. The van der Waals surface area contributed by atoms with E-state index in [1.165, 1.54) is 30.6 Å². The Labute approximate surface area is 109 Å². The Hall–Kier alpha value is -0.540. The van der Waals surface area contributed by atoms with Gasteiger partial charge in [-0.15, -0.1) is 0 Å². The van der Waals surface area contributed by atoms with Gasteiger partial charge in [-0.05, 0) is 43.7 Å². The number of thioether (sulfide) groups is 1. The molecule has 1 heterocycles. The van der Waals surface area contributed by atoms with Crippen LogP contribution in [0.3, 0.4) is 0 Å². The van der Waals surface area contributed by atoms with Crippen LogP contribution in [0.5, 0.6) is 0 Å². The van der Waals surface area contributed by atoms with Crippen molar-refractivity contribution in [3.8, 4) is 0 Å². The lowest BCUT2D eigenvalue weighted by molar-refractivity contribution is 0.237. The van der Waals surface area contributed by atoms with Gasteiger partial charge in [0.1, 0.15) is 0 Å². The highest BCUT2D eigenvalue weighted by Crippen LogP contribution is 2.32. The van der Waals surface area contributed by atoms with E-state index >= 15 is 0 Å². The molecule has 2 nitrogen and oxygen atoms in total. The lowest BCUT2D eigenvalue weighted by Gasteiger charge is -2.24. The molecule has 0 aliphatic heterocycles. The van der Waals surface area contributed by atoms with Crippen molar-refractivity contribution >= 4 is 11.8 Å². The van der Waals surface area contributed by atoms with E-state index in [1.807, 2.05) is 18.5 Å². The van der Waals surface area contributed by atoms with Gasteiger partial charge in [-0.25, -0.2) is 0 Å². The smallest absolute Gasteiger partial charge is 0.0312 e. The molecule has 0 radical (unpaired) electrons. The number of aromatic nitrogens is 1. The standard InChI is InChI=1S/C14H22N2S/c1-3-17-14-7-6-13(9-14)16(2)11-12-5-4-8-15-10-12/h4-5,8,10,13-14H,3,6-7,9,11H2,1-2H3/t13-,14+/m1/s1. The summed E-state index contributed by atoms with van der Waals surface area (Å²) in [5.74, 6) is 1.25. The molecule has 1 aromatic rings. The summed E-state index contributed by atoms with van der Waals surface area (Å²) < 4.78 is 0. The molecule has 1 fully saturated rings. The van der Waals surface area contributed by atoms with Gasteiger partial charge in [-0.1, -0.05) is 13.0 Å². The zero-order valence-electron chi connectivity index (χ0n) is 10.8. The molecular weight excluding hydrogens is 228 g/mol. The first-order chi connectivity index (χ1) is 8.29. The molecule has 1 saturated carbocycles. The molecular formula is C14H22N2S. The minimum atomic E-state index is 0.763.